The number of nitrogens with one attached hydrogen (secondary N) is 1. The van der Waals surface area contributed by atoms with Crippen molar-refractivity contribution in [2.24, 2.45) is 5.92 Å². The fourth-order valence-corrected chi connectivity index (χ4v) is 4.90. The van der Waals surface area contributed by atoms with Crippen molar-refractivity contribution in [2.75, 3.05) is 11.9 Å². The molecule has 2 aromatic heterocycles. The van der Waals surface area contributed by atoms with Crippen LogP contribution in [0.5, 0.6) is 11.5 Å². The summed E-state index contributed by atoms with van der Waals surface area (Å²) in [6, 6.07) is 9.51. The number of rotatable bonds is 5. The van der Waals surface area contributed by atoms with Crippen LogP contribution < -0.4 is 10.1 Å². The van der Waals surface area contributed by atoms with Crippen molar-refractivity contribution in [1.82, 2.24) is 9.97 Å². The molecule has 0 saturated heterocycles. The van der Waals surface area contributed by atoms with E-state index in [1.165, 1.54) is 38.3 Å². The molecule has 0 aliphatic heterocycles. The van der Waals surface area contributed by atoms with Crippen molar-refractivity contribution in [3.8, 4) is 11.5 Å². The van der Waals surface area contributed by atoms with Crippen molar-refractivity contribution < 1.29 is 13.5 Å². The van der Waals surface area contributed by atoms with E-state index in [0.29, 0.717) is 22.4 Å². The first-order chi connectivity index (χ1) is 14.7. The highest BCUT2D eigenvalue weighted by Gasteiger charge is 2.15. The van der Waals surface area contributed by atoms with Crippen molar-refractivity contribution in [3.63, 3.8) is 0 Å². The number of fused-ring (bicyclic) bond motifs is 2. The van der Waals surface area contributed by atoms with E-state index in [9.17, 15) is 8.78 Å². The van der Waals surface area contributed by atoms with Gasteiger partial charge in [-0.3, -0.25) is 4.98 Å². The zero-order valence-corrected chi connectivity index (χ0v) is 17.1. The van der Waals surface area contributed by atoms with Gasteiger partial charge in [0.25, 0.3) is 0 Å². The van der Waals surface area contributed by atoms with Gasteiger partial charge in [-0.1, -0.05) is 30.6 Å². The number of halogens is 2. The number of aromatic nitrogens is 2. The minimum atomic E-state index is -0.925. The molecule has 0 radical (unpaired) electrons. The molecule has 2 aromatic carbocycles. The molecule has 4 nitrogen and oxygen atoms in total. The van der Waals surface area contributed by atoms with Crippen molar-refractivity contribution in [1.29, 1.82) is 0 Å². The second-order valence-electron chi connectivity index (χ2n) is 7.73. The summed E-state index contributed by atoms with van der Waals surface area (Å²) >= 11 is 1.59. The molecule has 1 aliphatic carbocycles. The molecule has 30 heavy (non-hydrogen) atoms. The number of anilines is 1. The fourth-order valence-electron chi connectivity index (χ4n) is 4.00. The zero-order chi connectivity index (χ0) is 20.5. The Kier molecular flexibility index (Phi) is 5.21. The smallest absolute Gasteiger partial charge is 0.183 e. The average molecular weight is 426 g/mol. The summed E-state index contributed by atoms with van der Waals surface area (Å²) < 4.78 is 34.2. The SMILES string of the molecule is Fc1cc2nccc(Oc3ccc4nc(NCC5CCCCC5)sc4c3)c2cc1F. The van der Waals surface area contributed by atoms with Gasteiger partial charge in [-0.2, -0.15) is 0 Å². The molecule has 0 bridgehead atoms. The minimum Gasteiger partial charge on any atom is -0.457 e. The highest BCUT2D eigenvalue weighted by molar-refractivity contribution is 7.22. The van der Waals surface area contributed by atoms with Crippen LogP contribution in [0.4, 0.5) is 13.9 Å². The third-order valence-corrected chi connectivity index (χ3v) is 6.57. The molecular formula is C23H21F2N3OS. The molecular weight excluding hydrogens is 404 g/mol. The Balaban J connectivity index is 1.36. The van der Waals surface area contributed by atoms with E-state index in [4.69, 9.17) is 4.74 Å². The van der Waals surface area contributed by atoms with Crippen molar-refractivity contribution in [3.05, 3.63) is 54.2 Å². The molecule has 5 rings (SSSR count). The molecule has 1 fully saturated rings. The van der Waals surface area contributed by atoms with Gasteiger partial charge in [0.15, 0.2) is 16.8 Å². The lowest BCUT2D eigenvalue weighted by molar-refractivity contribution is 0.373. The topological polar surface area (TPSA) is 47.0 Å². The Morgan fingerprint density at radius 3 is 2.70 bits per heavy atom. The molecule has 0 amide bonds. The third-order valence-electron chi connectivity index (χ3n) is 5.60. The van der Waals surface area contributed by atoms with Crippen LogP contribution in [-0.2, 0) is 0 Å². The van der Waals surface area contributed by atoms with Gasteiger partial charge in [0, 0.05) is 30.3 Å². The van der Waals surface area contributed by atoms with E-state index in [0.717, 1.165) is 39.9 Å². The highest BCUT2D eigenvalue weighted by Crippen LogP contribution is 2.34. The predicted octanol–water partition coefficient (Wildman–Crippen LogP) is 6.91. The molecule has 1 saturated carbocycles. The van der Waals surface area contributed by atoms with Crippen LogP contribution in [-0.4, -0.2) is 16.5 Å². The van der Waals surface area contributed by atoms with Crippen molar-refractivity contribution in [2.45, 2.75) is 32.1 Å². The summed E-state index contributed by atoms with van der Waals surface area (Å²) in [5, 5.41) is 4.83. The molecule has 154 valence electrons. The molecule has 0 atom stereocenters. The average Bonchev–Trinajstić information content (AvgIpc) is 3.17. The van der Waals surface area contributed by atoms with E-state index < -0.39 is 11.6 Å². The van der Waals surface area contributed by atoms with Crippen LogP contribution in [0.1, 0.15) is 32.1 Å². The van der Waals surface area contributed by atoms with Gasteiger partial charge < -0.3 is 10.1 Å². The molecule has 1 aliphatic rings. The summed E-state index contributed by atoms with van der Waals surface area (Å²) in [7, 11) is 0. The summed E-state index contributed by atoms with van der Waals surface area (Å²) in [5.74, 6) is -0.0751. The zero-order valence-electron chi connectivity index (χ0n) is 16.3. The van der Waals surface area contributed by atoms with Crippen LogP contribution in [0.2, 0.25) is 0 Å². The molecule has 1 N–H and O–H groups in total. The number of benzene rings is 2. The second kappa shape index (κ2) is 8.14. The summed E-state index contributed by atoms with van der Waals surface area (Å²) in [6.45, 7) is 0.967. The van der Waals surface area contributed by atoms with E-state index in [2.05, 4.69) is 15.3 Å². The van der Waals surface area contributed by atoms with Crippen LogP contribution in [0.3, 0.4) is 0 Å². The number of pyridine rings is 1. The lowest BCUT2D eigenvalue weighted by atomic mass is 9.89. The summed E-state index contributed by atoms with van der Waals surface area (Å²) in [6.07, 6.45) is 8.11. The Morgan fingerprint density at radius 2 is 1.83 bits per heavy atom. The molecule has 7 heteroatoms. The number of nitrogens with zero attached hydrogens (tertiary/aromatic N) is 2. The largest absolute Gasteiger partial charge is 0.457 e. The Labute approximate surface area is 176 Å². The van der Waals surface area contributed by atoms with Gasteiger partial charge >= 0.3 is 0 Å². The highest BCUT2D eigenvalue weighted by atomic mass is 32.1. The standard InChI is InChI=1S/C23H21F2N3OS/c24-17-11-16-20(12-18(17)25)26-9-8-21(16)29-15-6-7-19-22(10-15)30-23(28-19)27-13-14-4-2-1-3-5-14/h6-12,14H,1-5,13H2,(H,27,28). The first kappa shape index (κ1) is 19.2. The lowest BCUT2D eigenvalue weighted by Crippen LogP contribution is -2.16. The normalized spacial score (nSPS) is 15.0. The monoisotopic (exact) mass is 425 g/mol. The quantitative estimate of drug-likeness (QED) is 0.377. The third kappa shape index (κ3) is 3.94. The molecule has 2 heterocycles. The Hall–Kier alpha value is -2.80. The lowest BCUT2D eigenvalue weighted by Gasteiger charge is -2.21. The van der Waals surface area contributed by atoms with Gasteiger partial charge in [-0.15, -0.1) is 0 Å². The van der Waals surface area contributed by atoms with Gasteiger partial charge in [-0.05, 0) is 43.0 Å². The first-order valence-corrected chi connectivity index (χ1v) is 11.0. The summed E-state index contributed by atoms with van der Waals surface area (Å²) in [5.41, 5.74) is 1.26. The molecule has 0 unspecified atom stereocenters. The predicted molar refractivity (Wildman–Crippen MR) is 116 cm³/mol. The van der Waals surface area contributed by atoms with Gasteiger partial charge in [0.05, 0.1) is 15.7 Å². The maximum absolute atomic E-state index is 13.7. The van der Waals surface area contributed by atoms with E-state index in [1.54, 1.807) is 17.4 Å². The van der Waals surface area contributed by atoms with E-state index in [1.807, 2.05) is 18.2 Å². The van der Waals surface area contributed by atoms with Crippen LogP contribution >= 0.6 is 11.3 Å². The maximum Gasteiger partial charge on any atom is 0.183 e. The number of thiazole rings is 1. The molecule has 4 aromatic rings. The fraction of sp³-hybridized carbons (Fsp3) is 0.304. The Morgan fingerprint density at radius 1 is 1.00 bits per heavy atom. The van der Waals surface area contributed by atoms with Gasteiger partial charge in [-0.25, -0.2) is 13.8 Å². The van der Waals surface area contributed by atoms with E-state index in [-0.39, 0.29) is 0 Å². The van der Waals surface area contributed by atoms with E-state index >= 15 is 0 Å². The van der Waals surface area contributed by atoms with Crippen LogP contribution in [0, 0.1) is 17.6 Å². The van der Waals surface area contributed by atoms with Gasteiger partial charge in [0.2, 0.25) is 0 Å². The van der Waals surface area contributed by atoms with Crippen molar-refractivity contribution >= 4 is 37.6 Å². The minimum absolute atomic E-state index is 0.347. The maximum atomic E-state index is 13.7. The molecule has 0 spiro atoms. The summed E-state index contributed by atoms with van der Waals surface area (Å²) in [4.78, 5) is 8.76. The second-order valence-corrected chi connectivity index (χ2v) is 8.76. The Bertz CT molecular complexity index is 1200. The van der Waals surface area contributed by atoms with Gasteiger partial charge in [0.1, 0.15) is 11.5 Å². The number of hydrogen-bond donors (Lipinski definition) is 1. The first-order valence-electron chi connectivity index (χ1n) is 10.2. The number of ether oxygens (including phenoxy) is 1. The number of hydrogen-bond acceptors (Lipinski definition) is 5. The van der Waals surface area contributed by atoms with Crippen LogP contribution in [0.15, 0.2) is 42.6 Å². The van der Waals surface area contributed by atoms with Crippen LogP contribution in [0.25, 0.3) is 21.1 Å².